The molecule has 0 radical (unpaired) electrons. The number of aliphatic hydroxyl groups is 1. The monoisotopic (exact) mass is 305 g/mol. The fraction of sp³-hybridized carbons (Fsp3) is 0.250. The Labute approximate surface area is 125 Å². The number of aryl methyl sites for hydroxylation is 1. The predicted octanol–water partition coefficient (Wildman–Crippen LogP) is 3.02. The maximum Gasteiger partial charge on any atom is 0.261 e. The van der Waals surface area contributed by atoms with E-state index in [9.17, 15) is 13.5 Å². The van der Waals surface area contributed by atoms with Crippen molar-refractivity contribution in [3.63, 3.8) is 0 Å². The lowest BCUT2D eigenvalue weighted by molar-refractivity contribution is 0.0785. The van der Waals surface area contributed by atoms with Crippen molar-refractivity contribution >= 4 is 15.7 Å². The van der Waals surface area contributed by atoms with Gasteiger partial charge in [0.05, 0.1) is 16.2 Å². The van der Waals surface area contributed by atoms with Gasteiger partial charge in [-0.25, -0.2) is 8.42 Å². The van der Waals surface area contributed by atoms with Gasteiger partial charge in [0.25, 0.3) is 10.0 Å². The molecule has 0 bridgehead atoms. The van der Waals surface area contributed by atoms with E-state index in [2.05, 4.69) is 4.72 Å². The Morgan fingerprint density at radius 3 is 2.19 bits per heavy atom. The van der Waals surface area contributed by atoms with Crippen molar-refractivity contribution in [1.29, 1.82) is 0 Å². The molecule has 0 amide bonds. The fourth-order valence-electron chi connectivity index (χ4n) is 1.96. The Bertz CT molecular complexity index is 732. The maximum absolute atomic E-state index is 12.3. The van der Waals surface area contributed by atoms with Crippen LogP contribution in [0, 0.1) is 6.92 Å². The highest BCUT2D eigenvalue weighted by Gasteiger charge is 2.18. The van der Waals surface area contributed by atoms with Gasteiger partial charge in [0.15, 0.2) is 0 Å². The molecule has 0 heterocycles. The van der Waals surface area contributed by atoms with E-state index in [1.807, 2.05) is 0 Å². The van der Waals surface area contributed by atoms with Gasteiger partial charge in [-0.3, -0.25) is 4.72 Å². The van der Waals surface area contributed by atoms with Gasteiger partial charge in [0.1, 0.15) is 0 Å². The highest BCUT2D eigenvalue weighted by Crippen LogP contribution is 2.26. The third-order valence-electron chi connectivity index (χ3n) is 3.23. The standard InChI is InChI=1S/C16H19NO3S/c1-12-11-13(16(2,3)18)9-10-15(12)17-21(19,20)14-7-5-4-6-8-14/h4-11,17-18H,1-3H3. The minimum Gasteiger partial charge on any atom is -0.386 e. The van der Waals surface area contributed by atoms with Crippen LogP contribution in [0.3, 0.4) is 0 Å². The van der Waals surface area contributed by atoms with E-state index in [1.54, 1.807) is 69.3 Å². The van der Waals surface area contributed by atoms with Crippen LogP contribution in [-0.2, 0) is 15.6 Å². The van der Waals surface area contributed by atoms with Crippen LogP contribution in [-0.4, -0.2) is 13.5 Å². The molecular formula is C16H19NO3S. The minimum absolute atomic E-state index is 0.218. The van der Waals surface area contributed by atoms with Crippen LogP contribution in [0.5, 0.6) is 0 Å². The molecule has 0 aliphatic heterocycles. The summed E-state index contributed by atoms with van der Waals surface area (Å²) in [5.74, 6) is 0. The van der Waals surface area contributed by atoms with Crippen LogP contribution in [0.4, 0.5) is 5.69 Å². The summed E-state index contributed by atoms with van der Waals surface area (Å²) in [6, 6.07) is 13.4. The van der Waals surface area contributed by atoms with Gasteiger partial charge in [0, 0.05) is 0 Å². The summed E-state index contributed by atoms with van der Waals surface area (Å²) in [6.07, 6.45) is 0. The fourth-order valence-corrected chi connectivity index (χ4v) is 3.11. The second-order valence-electron chi connectivity index (χ2n) is 5.51. The van der Waals surface area contributed by atoms with E-state index in [0.29, 0.717) is 5.69 Å². The minimum atomic E-state index is -3.60. The molecule has 0 saturated heterocycles. The Kier molecular flexibility index (Phi) is 4.07. The Morgan fingerprint density at radius 2 is 1.67 bits per heavy atom. The van der Waals surface area contributed by atoms with Gasteiger partial charge >= 0.3 is 0 Å². The van der Waals surface area contributed by atoms with Crippen molar-refractivity contribution in [3.8, 4) is 0 Å². The Morgan fingerprint density at radius 1 is 1.05 bits per heavy atom. The highest BCUT2D eigenvalue weighted by atomic mass is 32.2. The van der Waals surface area contributed by atoms with E-state index in [-0.39, 0.29) is 4.90 Å². The first-order valence-corrected chi connectivity index (χ1v) is 8.10. The van der Waals surface area contributed by atoms with Gasteiger partial charge in [0.2, 0.25) is 0 Å². The van der Waals surface area contributed by atoms with Crippen molar-refractivity contribution in [3.05, 3.63) is 59.7 Å². The third kappa shape index (κ3) is 3.62. The molecule has 0 aliphatic carbocycles. The topological polar surface area (TPSA) is 66.4 Å². The molecule has 5 heteroatoms. The van der Waals surface area contributed by atoms with Crippen molar-refractivity contribution in [2.24, 2.45) is 0 Å². The molecule has 2 aromatic rings. The van der Waals surface area contributed by atoms with Gasteiger partial charge in [-0.15, -0.1) is 0 Å². The number of sulfonamides is 1. The van der Waals surface area contributed by atoms with Gasteiger partial charge in [-0.2, -0.15) is 0 Å². The number of hydrogen-bond acceptors (Lipinski definition) is 3. The lowest BCUT2D eigenvalue weighted by atomic mass is 9.96. The summed E-state index contributed by atoms with van der Waals surface area (Å²) in [4.78, 5) is 0.218. The predicted molar refractivity (Wildman–Crippen MR) is 83.7 cm³/mol. The first kappa shape index (κ1) is 15.5. The molecule has 0 aromatic heterocycles. The smallest absolute Gasteiger partial charge is 0.261 e. The molecule has 0 spiro atoms. The lowest BCUT2D eigenvalue weighted by Crippen LogP contribution is -2.17. The van der Waals surface area contributed by atoms with Crippen molar-refractivity contribution in [2.45, 2.75) is 31.3 Å². The molecule has 21 heavy (non-hydrogen) atoms. The molecule has 2 N–H and O–H groups in total. The Balaban J connectivity index is 2.33. The summed E-state index contributed by atoms with van der Waals surface area (Å²) in [7, 11) is -3.60. The first-order chi connectivity index (χ1) is 9.70. The van der Waals surface area contributed by atoms with E-state index in [0.717, 1.165) is 11.1 Å². The van der Waals surface area contributed by atoms with Gasteiger partial charge in [-0.05, 0) is 50.1 Å². The van der Waals surface area contributed by atoms with E-state index >= 15 is 0 Å². The lowest BCUT2D eigenvalue weighted by Gasteiger charge is -2.19. The van der Waals surface area contributed by atoms with Crippen LogP contribution in [0.1, 0.15) is 25.0 Å². The van der Waals surface area contributed by atoms with Crippen LogP contribution in [0.15, 0.2) is 53.4 Å². The zero-order valence-electron chi connectivity index (χ0n) is 12.3. The molecule has 2 aromatic carbocycles. The molecule has 0 atom stereocenters. The number of nitrogens with one attached hydrogen (secondary N) is 1. The molecule has 0 unspecified atom stereocenters. The zero-order chi connectivity index (χ0) is 15.7. The van der Waals surface area contributed by atoms with Crippen molar-refractivity contribution in [1.82, 2.24) is 0 Å². The van der Waals surface area contributed by atoms with Crippen LogP contribution < -0.4 is 4.72 Å². The van der Waals surface area contributed by atoms with Gasteiger partial charge < -0.3 is 5.11 Å². The molecule has 0 fully saturated rings. The second-order valence-corrected chi connectivity index (χ2v) is 7.19. The zero-order valence-corrected chi connectivity index (χ0v) is 13.1. The summed E-state index contributed by atoms with van der Waals surface area (Å²) < 4.78 is 27.1. The largest absolute Gasteiger partial charge is 0.386 e. The number of rotatable bonds is 4. The molecule has 0 saturated carbocycles. The summed E-state index contributed by atoms with van der Waals surface area (Å²) in [5.41, 5.74) is 1.05. The van der Waals surface area contributed by atoms with E-state index in [4.69, 9.17) is 0 Å². The maximum atomic E-state index is 12.3. The van der Waals surface area contributed by atoms with E-state index in [1.165, 1.54) is 0 Å². The quantitative estimate of drug-likeness (QED) is 0.912. The van der Waals surface area contributed by atoms with Crippen molar-refractivity contribution < 1.29 is 13.5 Å². The second kappa shape index (κ2) is 5.50. The average molecular weight is 305 g/mol. The Hall–Kier alpha value is -1.85. The van der Waals surface area contributed by atoms with Crippen LogP contribution in [0.2, 0.25) is 0 Å². The average Bonchev–Trinajstić information content (AvgIpc) is 2.41. The van der Waals surface area contributed by atoms with Crippen LogP contribution in [0.25, 0.3) is 0 Å². The number of benzene rings is 2. The molecular weight excluding hydrogens is 286 g/mol. The van der Waals surface area contributed by atoms with Crippen molar-refractivity contribution in [2.75, 3.05) is 4.72 Å². The number of anilines is 1. The van der Waals surface area contributed by atoms with Crippen LogP contribution >= 0.6 is 0 Å². The summed E-state index contributed by atoms with van der Waals surface area (Å²) in [5, 5.41) is 9.98. The molecule has 2 rings (SSSR count). The highest BCUT2D eigenvalue weighted by molar-refractivity contribution is 7.92. The third-order valence-corrected chi connectivity index (χ3v) is 4.61. The molecule has 0 aliphatic rings. The van der Waals surface area contributed by atoms with E-state index < -0.39 is 15.6 Å². The summed E-state index contributed by atoms with van der Waals surface area (Å²) in [6.45, 7) is 5.18. The number of hydrogen-bond donors (Lipinski definition) is 2. The molecule has 112 valence electrons. The first-order valence-electron chi connectivity index (χ1n) is 6.61. The normalized spacial score (nSPS) is 12.2. The molecule has 4 nitrogen and oxygen atoms in total. The summed E-state index contributed by atoms with van der Waals surface area (Å²) >= 11 is 0. The SMILES string of the molecule is Cc1cc(C(C)(C)O)ccc1NS(=O)(=O)c1ccccc1. The van der Waals surface area contributed by atoms with Gasteiger partial charge in [-0.1, -0.05) is 30.3 Å².